The second-order valence-electron chi connectivity index (χ2n) is 6.75. The molecule has 0 aliphatic rings. The van der Waals surface area contributed by atoms with Gasteiger partial charge >= 0.3 is 0 Å². The normalized spacial score (nSPS) is 10.3. The number of amides is 2. The number of hydrogen-bond acceptors (Lipinski definition) is 5. The van der Waals surface area contributed by atoms with E-state index in [4.69, 9.17) is 9.47 Å². The highest BCUT2D eigenvalue weighted by atomic mass is 32.2. The first-order valence-electron chi connectivity index (χ1n) is 9.61. The standard InChI is InChI=1S/C24H24N2O4S/c1-16-6-4-7-17(12-16)24(28)25-18-8-5-9-20(13-18)31-15-23(27)26-21-14-19(29-2)10-11-22(21)30-3/h4-14H,15H2,1-3H3,(H,25,28)(H,26,27). The van der Waals surface area contributed by atoms with Gasteiger partial charge < -0.3 is 20.1 Å². The van der Waals surface area contributed by atoms with Crippen LogP contribution < -0.4 is 20.1 Å². The van der Waals surface area contributed by atoms with Gasteiger partial charge in [0, 0.05) is 22.2 Å². The highest BCUT2D eigenvalue weighted by Gasteiger charge is 2.11. The Morgan fingerprint density at radius 1 is 0.903 bits per heavy atom. The number of anilines is 2. The van der Waals surface area contributed by atoms with Gasteiger partial charge in [-0.25, -0.2) is 0 Å². The van der Waals surface area contributed by atoms with Gasteiger partial charge in [0.05, 0.1) is 25.7 Å². The Morgan fingerprint density at radius 3 is 2.45 bits per heavy atom. The van der Waals surface area contributed by atoms with Gasteiger partial charge in [-0.3, -0.25) is 9.59 Å². The van der Waals surface area contributed by atoms with Gasteiger partial charge in [0.1, 0.15) is 11.5 Å². The number of rotatable bonds is 8. The Kier molecular flexibility index (Phi) is 7.56. The third-order valence-electron chi connectivity index (χ3n) is 4.42. The van der Waals surface area contributed by atoms with Crippen LogP contribution in [0, 0.1) is 6.92 Å². The van der Waals surface area contributed by atoms with Crippen molar-refractivity contribution < 1.29 is 19.1 Å². The molecule has 2 N–H and O–H groups in total. The fourth-order valence-corrected chi connectivity index (χ4v) is 3.66. The molecule has 6 nitrogen and oxygen atoms in total. The first kappa shape index (κ1) is 22.2. The second-order valence-corrected chi connectivity index (χ2v) is 7.80. The SMILES string of the molecule is COc1ccc(OC)c(NC(=O)CSc2cccc(NC(=O)c3cccc(C)c3)c2)c1. The number of aryl methyl sites for hydroxylation is 1. The van der Waals surface area contributed by atoms with Gasteiger partial charge in [0.2, 0.25) is 5.91 Å². The lowest BCUT2D eigenvalue weighted by Crippen LogP contribution is -2.15. The molecule has 3 aromatic carbocycles. The van der Waals surface area contributed by atoms with E-state index in [1.54, 1.807) is 38.5 Å². The van der Waals surface area contributed by atoms with Crippen LogP contribution in [0.25, 0.3) is 0 Å². The van der Waals surface area contributed by atoms with Crippen molar-refractivity contribution in [2.75, 3.05) is 30.6 Å². The summed E-state index contributed by atoms with van der Waals surface area (Å²) in [5.41, 5.74) is 2.85. The molecule has 7 heteroatoms. The Balaban J connectivity index is 1.60. The Labute approximate surface area is 186 Å². The average molecular weight is 437 g/mol. The monoisotopic (exact) mass is 436 g/mol. The average Bonchev–Trinajstić information content (AvgIpc) is 2.78. The number of thioether (sulfide) groups is 1. The molecule has 31 heavy (non-hydrogen) atoms. The molecule has 0 bridgehead atoms. The quantitative estimate of drug-likeness (QED) is 0.486. The van der Waals surface area contributed by atoms with E-state index in [0.29, 0.717) is 28.4 Å². The fraction of sp³-hybridized carbons (Fsp3) is 0.167. The molecule has 3 rings (SSSR count). The third kappa shape index (κ3) is 6.26. The number of nitrogens with one attached hydrogen (secondary N) is 2. The lowest BCUT2D eigenvalue weighted by Gasteiger charge is -2.12. The molecule has 0 aliphatic heterocycles. The van der Waals surface area contributed by atoms with Gasteiger partial charge in [-0.1, -0.05) is 23.8 Å². The van der Waals surface area contributed by atoms with E-state index >= 15 is 0 Å². The van der Waals surface area contributed by atoms with Gasteiger partial charge in [0.15, 0.2) is 0 Å². The van der Waals surface area contributed by atoms with Crippen molar-refractivity contribution in [2.45, 2.75) is 11.8 Å². The molecule has 0 aliphatic carbocycles. The van der Waals surface area contributed by atoms with Crippen molar-refractivity contribution in [2.24, 2.45) is 0 Å². The molecule has 0 saturated carbocycles. The lowest BCUT2D eigenvalue weighted by molar-refractivity contribution is -0.113. The molecule has 0 saturated heterocycles. The molecule has 0 radical (unpaired) electrons. The van der Waals surface area contributed by atoms with Gasteiger partial charge in [-0.05, 0) is 49.4 Å². The van der Waals surface area contributed by atoms with E-state index in [9.17, 15) is 9.59 Å². The zero-order chi connectivity index (χ0) is 22.2. The summed E-state index contributed by atoms with van der Waals surface area (Å²) in [6.45, 7) is 1.94. The number of methoxy groups -OCH3 is 2. The molecule has 2 amide bonds. The van der Waals surface area contributed by atoms with Crippen LogP contribution >= 0.6 is 11.8 Å². The Bertz CT molecular complexity index is 1080. The molecule has 160 valence electrons. The minimum atomic E-state index is -0.175. The summed E-state index contributed by atoms with van der Waals surface area (Å²) in [5, 5.41) is 5.74. The van der Waals surface area contributed by atoms with E-state index < -0.39 is 0 Å². The van der Waals surface area contributed by atoms with Crippen LogP contribution in [0.1, 0.15) is 15.9 Å². The predicted octanol–water partition coefficient (Wildman–Crippen LogP) is 5.00. The molecule has 3 aromatic rings. The molecule has 0 spiro atoms. The van der Waals surface area contributed by atoms with Crippen molar-refractivity contribution in [3.8, 4) is 11.5 Å². The number of hydrogen-bond donors (Lipinski definition) is 2. The molecule has 0 heterocycles. The minimum Gasteiger partial charge on any atom is -0.497 e. The first-order chi connectivity index (χ1) is 15.0. The maximum absolute atomic E-state index is 12.5. The van der Waals surface area contributed by atoms with Crippen molar-refractivity contribution >= 4 is 35.0 Å². The zero-order valence-electron chi connectivity index (χ0n) is 17.6. The van der Waals surface area contributed by atoms with Crippen molar-refractivity contribution in [3.63, 3.8) is 0 Å². The fourth-order valence-electron chi connectivity index (χ4n) is 2.90. The number of ether oxygens (including phenoxy) is 2. The van der Waals surface area contributed by atoms with Crippen molar-refractivity contribution in [3.05, 3.63) is 77.9 Å². The van der Waals surface area contributed by atoms with Crippen LogP contribution in [0.5, 0.6) is 11.5 Å². The summed E-state index contributed by atoms with van der Waals surface area (Å²) in [7, 11) is 3.11. The van der Waals surface area contributed by atoms with Crippen LogP contribution in [-0.4, -0.2) is 31.8 Å². The van der Waals surface area contributed by atoms with Crippen LogP contribution in [-0.2, 0) is 4.79 Å². The molecule has 0 atom stereocenters. The molecular formula is C24H24N2O4S. The van der Waals surface area contributed by atoms with Crippen LogP contribution in [0.4, 0.5) is 11.4 Å². The Morgan fingerprint density at radius 2 is 1.71 bits per heavy atom. The number of carbonyl (C=O) groups is 2. The summed E-state index contributed by atoms with van der Waals surface area (Å²) in [6, 6.07) is 20.0. The summed E-state index contributed by atoms with van der Waals surface area (Å²) in [5.74, 6) is 1.04. The van der Waals surface area contributed by atoms with Crippen molar-refractivity contribution in [1.29, 1.82) is 0 Å². The minimum absolute atomic E-state index is 0.172. The van der Waals surface area contributed by atoms with E-state index in [1.165, 1.54) is 11.8 Å². The molecule has 0 fully saturated rings. The smallest absolute Gasteiger partial charge is 0.255 e. The van der Waals surface area contributed by atoms with Crippen LogP contribution in [0.15, 0.2) is 71.6 Å². The lowest BCUT2D eigenvalue weighted by atomic mass is 10.1. The van der Waals surface area contributed by atoms with Crippen LogP contribution in [0.3, 0.4) is 0 Å². The number of benzene rings is 3. The maximum atomic E-state index is 12.5. The van der Waals surface area contributed by atoms with Gasteiger partial charge in [0.25, 0.3) is 5.91 Å². The first-order valence-corrected chi connectivity index (χ1v) is 10.6. The topological polar surface area (TPSA) is 76.7 Å². The summed E-state index contributed by atoms with van der Waals surface area (Å²) in [6.07, 6.45) is 0. The Hall–Kier alpha value is -3.45. The van der Waals surface area contributed by atoms with E-state index in [2.05, 4.69) is 10.6 Å². The third-order valence-corrected chi connectivity index (χ3v) is 5.42. The maximum Gasteiger partial charge on any atom is 0.255 e. The number of carbonyl (C=O) groups excluding carboxylic acids is 2. The second kappa shape index (κ2) is 10.5. The van der Waals surface area contributed by atoms with Crippen molar-refractivity contribution in [1.82, 2.24) is 0 Å². The van der Waals surface area contributed by atoms with Gasteiger partial charge in [-0.15, -0.1) is 11.8 Å². The molecule has 0 unspecified atom stereocenters. The summed E-state index contributed by atoms with van der Waals surface area (Å²) < 4.78 is 10.5. The summed E-state index contributed by atoms with van der Waals surface area (Å²) >= 11 is 1.38. The van der Waals surface area contributed by atoms with E-state index in [1.807, 2.05) is 49.4 Å². The largest absolute Gasteiger partial charge is 0.497 e. The van der Waals surface area contributed by atoms with Gasteiger partial charge in [-0.2, -0.15) is 0 Å². The zero-order valence-corrected chi connectivity index (χ0v) is 18.4. The van der Waals surface area contributed by atoms with E-state index in [-0.39, 0.29) is 17.6 Å². The summed E-state index contributed by atoms with van der Waals surface area (Å²) in [4.78, 5) is 25.8. The predicted molar refractivity (Wildman–Crippen MR) is 124 cm³/mol. The van der Waals surface area contributed by atoms with Crippen LogP contribution in [0.2, 0.25) is 0 Å². The molecular weight excluding hydrogens is 412 g/mol. The highest BCUT2D eigenvalue weighted by Crippen LogP contribution is 2.29. The van der Waals surface area contributed by atoms with E-state index in [0.717, 1.165) is 10.5 Å². The molecule has 0 aromatic heterocycles. The highest BCUT2D eigenvalue weighted by molar-refractivity contribution is 8.00.